The fourth-order valence-electron chi connectivity index (χ4n) is 3.44. The van der Waals surface area contributed by atoms with E-state index < -0.39 is 12.7 Å². The maximum atomic E-state index is 13.7. The topological polar surface area (TPSA) is 39.7 Å². The molecule has 0 bridgehead atoms. The standard InChI is InChI=1S/C20H30F4N4/c1-14-4-5-17(12-18(14)21)15(2)27-19(25-3)26-9-6-16-7-10-28(11-8-16)13-20(22,23)24/h4-5,12,15-16H,6-11,13H2,1-3H3,(H2,25,26,27). The van der Waals surface area contributed by atoms with E-state index in [0.717, 1.165) is 24.8 Å². The monoisotopic (exact) mass is 402 g/mol. The lowest BCUT2D eigenvalue weighted by atomic mass is 9.93. The molecule has 0 aliphatic carbocycles. The van der Waals surface area contributed by atoms with Crippen LogP contribution in [0.4, 0.5) is 17.6 Å². The summed E-state index contributed by atoms with van der Waals surface area (Å²) in [7, 11) is 1.67. The first-order valence-corrected chi connectivity index (χ1v) is 9.70. The van der Waals surface area contributed by atoms with Crippen LogP contribution in [-0.4, -0.2) is 50.3 Å². The number of aryl methyl sites for hydroxylation is 1. The van der Waals surface area contributed by atoms with Crippen LogP contribution >= 0.6 is 0 Å². The van der Waals surface area contributed by atoms with E-state index in [4.69, 9.17) is 0 Å². The third kappa shape index (κ3) is 7.30. The minimum Gasteiger partial charge on any atom is -0.356 e. The van der Waals surface area contributed by atoms with Crippen molar-refractivity contribution >= 4 is 5.96 Å². The summed E-state index contributed by atoms with van der Waals surface area (Å²) in [5.74, 6) is 0.813. The van der Waals surface area contributed by atoms with Crippen molar-refractivity contribution in [3.63, 3.8) is 0 Å². The average molecular weight is 402 g/mol. The van der Waals surface area contributed by atoms with E-state index in [1.54, 1.807) is 20.0 Å². The number of hydrogen-bond donors (Lipinski definition) is 2. The second-order valence-corrected chi connectivity index (χ2v) is 7.50. The van der Waals surface area contributed by atoms with E-state index in [-0.39, 0.29) is 11.9 Å². The van der Waals surface area contributed by atoms with Crippen molar-refractivity contribution < 1.29 is 17.6 Å². The Balaban J connectivity index is 1.72. The van der Waals surface area contributed by atoms with Crippen molar-refractivity contribution in [3.05, 3.63) is 35.1 Å². The van der Waals surface area contributed by atoms with E-state index in [2.05, 4.69) is 15.6 Å². The van der Waals surface area contributed by atoms with Gasteiger partial charge in [0.15, 0.2) is 5.96 Å². The zero-order chi connectivity index (χ0) is 20.7. The van der Waals surface area contributed by atoms with Gasteiger partial charge in [-0.3, -0.25) is 9.89 Å². The molecule has 1 atom stereocenters. The van der Waals surface area contributed by atoms with Crippen molar-refractivity contribution in [2.24, 2.45) is 10.9 Å². The van der Waals surface area contributed by atoms with Gasteiger partial charge in [-0.2, -0.15) is 13.2 Å². The molecule has 28 heavy (non-hydrogen) atoms. The van der Waals surface area contributed by atoms with Crippen LogP contribution in [0.1, 0.15) is 43.4 Å². The Morgan fingerprint density at radius 3 is 2.54 bits per heavy atom. The van der Waals surface area contributed by atoms with E-state index in [1.165, 1.54) is 11.0 Å². The van der Waals surface area contributed by atoms with Crippen LogP contribution in [0.3, 0.4) is 0 Å². The molecule has 1 unspecified atom stereocenters. The fraction of sp³-hybridized carbons (Fsp3) is 0.650. The Morgan fingerprint density at radius 2 is 1.96 bits per heavy atom. The second kappa shape index (κ2) is 10.1. The van der Waals surface area contributed by atoms with Crippen LogP contribution in [0.2, 0.25) is 0 Å². The summed E-state index contributed by atoms with van der Waals surface area (Å²) in [6.07, 6.45) is -1.68. The number of nitrogens with zero attached hydrogens (tertiary/aromatic N) is 2. The zero-order valence-corrected chi connectivity index (χ0v) is 16.7. The van der Waals surface area contributed by atoms with Crippen molar-refractivity contribution in [2.75, 3.05) is 33.2 Å². The molecule has 2 rings (SSSR count). The highest BCUT2D eigenvalue weighted by atomic mass is 19.4. The highest BCUT2D eigenvalue weighted by Gasteiger charge is 2.32. The van der Waals surface area contributed by atoms with Gasteiger partial charge in [0.2, 0.25) is 0 Å². The zero-order valence-electron chi connectivity index (χ0n) is 16.7. The number of halogens is 4. The highest BCUT2D eigenvalue weighted by molar-refractivity contribution is 5.80. The number of rotatable bonds is 6. The Labute approximate surface area is 164 Å². The largest absolute Gasteiger partial charge is 0.401 e. The molecular weight excluding hydrogens is 372 g/mol. The number of hydrogen-bond acceptors (Lipinski definition) is 2. The molecule has 0 radical (unpaired) electrons. The summed E-state index contributed by atoms with van der Waals surface area (Å²) >= 11 is 0. The Bertz CT molecular complexity index is 652. The summed E-state index contributed by atoms with van der Waals surface area (Å²) in [5, 5.41) is 6.48. The van der Waals surface area contributed by atoms with Gasteiger partial charge < -0.3 is 10.6 Å². The molecule has 1 fully saturated rings. The SMILES string of the molecule is CN=C(NCCC1CCN(CC(F)(F)F)CC1)NC(C)c1ccc(C)c(F)c1. The van der Waals surface area contributed by atoms with Gasteiger partial charge in [-0.25, -0.2) is 4.39 Å². The number of piperidine rings is 1. The van der Waals surface area contributed by atoms with E-state index in [0.29, 0.717) is 37.1 Å². The first kappa shape index (κ1) is 22.5. The smallest absolute Gasteiger partial charge is 0.356 e. The van der Waals surface area contributed by atoms with Gasteiger partial charge in [0.25, 0.3) is 0 Å². The van der Waals surface area contributed by atoms with Crippen molar-refractivity contribution in [1.29, 1.82) is 0 Å². The normalized spacial score (nSPS) is 18.2. The third-order valence-corrected chi connectivity index (χ3v) is 5.23. The average Bonchev–Trinajstić information content (AvgIpc) is 2.63. The predicted octanol–water partition coefficient (Wildman–Crippen LogP) is 4.02. The van der Waals surface area contributed by atoms with Crippen molar-refractivity contribution in [1.82, 2.24) is 15.5 Å². The van der Waals surface area contributed by atoms with Crippen LogP contribution in [0.15, 0.2) is 23.2 Å². The second-order valence-electron chi connectivity index (χ2n) is 7.50. The summed E-state index contributed by atoms with van der Waals surface area (Å²) in [6, 6.07) is 5.06. The van der Waals surface area contributed by atoms with Gasteiger partial charge in [0.05, 0.1) is 12.6 Å². The van der Waals surface area contributed by atoms with E-state index in [1.807, 2.05) is 13.0 Å². The van der Waals surface area contributed by atoms with Gasteiger partial charge in [0, 0.05) is 13.6 Å². The van der Waals surface area contributed by atoms with Crippen LogP contribution < -0.4 is 10.6 Å². The fourth-order valence-corrected chi connectivity index (χ4v) is 3.44. The van der Waals surface area contributed by atoms with Gasteiger partial charge in [0.1, 0.15) is 5.82 Å². The minimum absolute atomic E-state index is 0.105. The Kier molecular flexibility index (Phi) is 8.10. The van der Waals surface area contributed by atoms with Crippen LogP contribution in [-0.2, 0) is 0 Å². The molecule has 0 amide bonds. The quantitative estimate of drug-likeness (QED) is 0.429. The number of aliphatic imine (C=N–C) groups is 1. The maximum absolute atomic E-state index is 13.7. The van der Waals surface area contributed by atoms with E-state index >= 15 is 0 Å². The lowest BCUT2D eigenvalue weighted by molar-refractivity contribution is -0.148. The molecule has 1 aromatic rings. The highest BCUT2D eigenvalue weighted by Crippen LogP contribution is 2.24. The molecular formula is C20H30F4N4. The molecule has 0 spiro atoms. The summed E-state index contributed by atoms with van der Waals surface area (Å²) in [4.78, 5) is 5.67. The molecule has 1 heterocycles. The number of nitrogens with one attached hydrogen (secondary N) is 2. The summed E-state index contributed by atoms with van der Waals surface area (Å²) in [6.45, 7) is 4.53. The number of alkyl halides is 3. The molecule has 8 heteroatoms. The summed E-state index contributed by atoms with van der Waals surface area (Å²) < 4.78 is 51.1. The minimum atomic E-state index is -4.12. The molecule has 0 saturated carbocycles. The van der Waals surface area contributed by atoms with Crippen LogP contribution in [0.5, 0.6) is 0 Å². The lowest BCUT2D eigenvalue weighted by Crippen LogP contribution is -2.42. The molecule has 1 saturated heterocycles. The number of guanidine groups is 1. The Hall–Kier alpha value is -1.83. The molecule has 158 valence electrons. The van der Waals surface area contributed by atoms with Gasteiger partial charge in [-0.1, -0.05) is 12.1 Å². The van der Waals surface area contributed by atoms with Crippen molar-refractivity contribution in [3.8, 4) is 0 Å². The van der Waals surface area contributed by atoms with Crippen LogP contribution in [0, 0.1) is 18.7 Å². The Morgan fingerprint density at radius 1 is 1.29 bits per heavy atom. The molecule has 2 N–H and O–H groups in total. The first-order valence-electron chi connectivity index (χ1n) is 9.70. The van der Waals surface area contributed by atoms with Crippen LogP contribution in [0.25, 0.3) is 0 Å². The molecule has 0 aromatic heterocycles. The van der Waals surface area contributed by atoms with Gasteiger partial charge in [-0.05, 0) is 69.3 Å². The molecule has 4 nitrogen and oxygen atoms in total. The van der Waals surface area contributed by atoms with Gasteiger partial charge in [-0.15, -0.1) is 0 Å². The molecule has 1 aromatic carbocycles. The molecule has 1 aliphatic heterocycles. The number of likely N-dealkylation sites (tertiary alicyclic amines) is 1. The molecule has 1 aliphatic rings. The maximum Gasteiger partial charge on any atom is 0.401 e. The van der Waals surface area contributed by atoms with Gasteiger partial charge >= 0.3 is 6.18 Å². The third-order valence-electron chi connectivity index (χ3n) is 5.23. The predicted molar refractivity (Wildman–Crippen MR) is 104 cm³/mol. The first-order chi connectivity index (χ1) is 13.2. The lowest BCUT2D eigenvalue weighted by Gasteiger charge is -2.32. The number of benzene rings is 1. The van der Waals surface area contributed by atoms with E-state index in [9.17, 15) is 17.6 Å². The summed E-state index contributed by atoms with van der Waals surface area (Å²) in [5.41, 5.74) is 1.45. The van der Waals surface area contributed by atoms with Crippen molar-refractivity contribution in [2.45, 2.75) is 45.3 Å².